The Morgan fingerprint density at radius 2 is 1.77 bits per heavy atom. The van der Waals surface area contributed by atoms with E-state index in [2.05, 4.69) is 10.4 Å². The Labute approximate surface area is 175 Å². The van der Waals surface area contributed by atoms with E-state index in [1.165, 1.54) is 0 Å². The number of hydrogen-bond acceptors (Lipinski definition) is 5. The van der Waals surface area contributed by atoms with Gasteiger partial charge in [0, 0.05) is 17.8 Å². The zero-order valence-electron chi connectivity index (χ0n) is 17.5. The lowest BCUT2D eigenvalue weighted by Gasteiger charge is -2.15. The van der Waals surface area contributed by atoms with E-state index in [1.807, 2.05) is 62.4 Å². The number of amides is 1. The Balaban J connectivity index is 1.98. The van der Waals surface area contributed by atoms with E-state index in [-0.39, 0.29) is 17.5 Å². The number of methoxy groups -OCH3 is 1. The van der Waals surface area contributed by atoms with Crippen LogP contribution in [0.25, 0.3) is 16.9 Å². The largest absolute Gasteiger partial charge is 0.497 e. The van der Waals surface area contributed by atoms with Crippen molar-refractivity contribution in [3.63, 3.8) is 0 Å². The molecule has 0 saturated carbocycles. The van der Waals surface area contributed by atoms with Gasteiger partial charge in [-0.1, -0.05) is 30.3 Å². The third-order valence-electron chi connectivity index (χ3n) is 4.38. The third-order valence-corrected chi connectivity index (χ3v) is 4.38. The van der Waals surface area contributed by atoms with Gasteiger partial charge in [0.1, 0.15) is 17.0 Å². The number of nitrogens with zero attached hydrogens (tertiary/aromatic N) is 2. The number of esters is 1. The minimum atomic E-state index is -0.932. The van der Waals surface area contributed by atoms with E-state index in [0.717, 1.165) is 5.69 Å². The molecule has 0 saturated heterocycles. The van der Waals surface area contributed by atoms with Crippen LogP contribution in [-0.4, -0.2) is 40.9 Å². The first-order chi connectivity index (χ1) is 14.4. The SMILES string of the molecule is COc1cccc(-c2nn(-c3ccccc3)cc2C(=O)OC(C)C(=O)NC(C)C)c1. The number of nitrogens with one attached hydrogen (secondary N) is 1. The first kappa shape index (κ1) is 21.1. The number of carbonyl (C=O) groups excluding carboxylic acids is 2. The van der Waals surface area contributed by atoms with Gasteiger partial charge in [-0.15, -0.1) is 0 Å². The molecule has 3 rings (SSSR count). The lowest BCUT2D eigenvalue weighted by atomic mass is 10.1. The monoisotopic (exact) mass is 407 g/mol. The number of benzene rings is 2. The van der Waals surface area contributed by atoms with Crippen molar-refractivity contribution in [2.45, 2.75) is 32.9 Å². The smallest absolute Gasteiger partial charge is 0.342 e. The predicted octanol–water partition coefficient (Wildman–Crippen LogP) is 3.62. The van der Waals surface area contributed by atoms with Gasteiger partial charge in [-0.25, -0.2) is 9.48 Å². The van der Waals surface area contributed by atoms with Crippen LogP contribution in [-0.2, 0) is 9.53 Å². The van der Waals surface area contributed by atoms with Crippen molar-refractivity contribution in [3.8, 4) is 22.7 Å². The molecule has 30 heavy (non-hydrogen) atoms. The van der Waals surface area contributed by atoms with Gasteiger partial charge in [-0.3, -0.25) is 4.79 Å². The number of carbonyl (C=O) groups is 2. The summed E-state index contributed by atoms with van der Waals surface area (Å²) in [6.07, 6.45) is 0.678. The highest BCUT2D eigenvalue weighted by molar-refractivity contribution is 5.97. The highest BCUT2D eigenvalue weighted by Crippen LogP contribution is 2.27. The summed E-state index contributed by atoms with van der Waals surface area (Å²) in [5.74, 6) is -0.330. The number of hydrogen-bond donors (Lipinski definition) is 1. The summed E-state index contributed by atoms with van der Waals surface area (Å²) in [6, 6.07) is 16.7. The Bertz CT molecular complexity index is 1030. The van der Waals surface area contributed by atoms with Crippen molar-refractivity contribution in [1.29, 1.82) is 0 Å². The summed E-state index contributed by atoms with van der Waals surface area (Å²) in [5, 5.41) is 7.35. The molecule has 2 aromatic carbocycles. The minimum absolute atomic E-state index is 0.0492. The van der Waals surface area contributed by atoms with E-state index < -0.39 is 12.1 Å². The van der Waals surface area contributed by atoms with Crippen molar-refractivity contribution in [2.75, 3.05) is 7.11 Å². The maximum Gasteiger partial charge on any atom is 0.342 e. The molecule has 7 nitrogen and oxygen atoms in total. The molecule has 0 aliphatic carbocycles. The van der Waals surface area contributed by atoms with Crippen LogP contribution in [0, 0.1) is 0 Å². The number of rotatable bonds is 7. The molecule has 1 unspecified atom stereocenters. The molecule has 0 aliphatic rings. The molecule has 7 heteroatoms. The van der Waals surface area contributed by atoms with Crippen LogP contribution in [0.15, 0.2) is 60.8 Å². The molecule has 0 bridgehead atoms. The molecule has 0 radical (unpaired) electrons. The maximum atomic E-state index is 13.0. The summed E-state index contributed by atoms with van der Waals surface area (Å²) >= 11 is 0. The summed E-state index contributed by atoms with van der Waals surface area (Å²) < 4.78 is 12.3. The normalized spacial score (nSPS) is 11.8. The first-order valence-electron chi connectivity index (χ1n) is 9.70. The van der Waals surface area contributed by atoms with Crippen LogP contribution in [0.1, 0.15) is 31.1 Å². The number of aromatic nitrogens is 2. The van der Waals surface area contributed by atoms with Gasteiger partial charge >= 0.3 is 5.97 Å². The quantitative estimate of drug-likeness (QED) is 0.605. The molecule has 0 fully saturated rings. The Hall–Kier alpha value is -3.61. The topological polar surface area (TPSA) is 82.5 Å². The van der Waals surface area contributed by atoms with Crippen LogP contribution in [0.2, 0.25) is 0 Å². The Morgan fingerprint density at radius 1 is 1.03 bits per heavy atom. The van der Waals surface area contributed by atoms with E-state index in [1.54, 1.807) is 31.0 Å². The highest BCUT2D eigenvalue weighted by Gasteiger charge is 2.25. The highest BCUT2D eigenvalue weighted by atomic mass is 16.5. The van der Waals surface area contributed by atoms with Gasteiger partial charge in [0.25, 0.3) is 5.91 Å². The van der Waals surface area contributed by atoms with Gasteiger partial charge in [0.2, 0.25) is 0 Å². The van der Waals surface area contributed by atoms with E-state index in [9.17, 15) is 9.59 Å². The zero-order valence-corrected chi connectivity index (χ0v) is 17.5. The van der Waals surface area contributed by atoms with Crippen LogP contribution in [0.4, 0.5) is 0 Å². The Morgan fingerprint density at radius 3 is 2.43 bits per heavy atom. The van der Waals surface area contributed by atoms with Crippen molar-refractivity contribution in [2.24, 2.45) is 0 Å². The van der Waals surface area contributed by atoms with Crippen LogP contribution < -0.4 is 10.1 Å². The molecule has 156 valence electrons. The molecule has 0 aliphatic heterocycles. The van der Waals surface area contributed by atoms with Gasteiger partial charge in [0.15, 0.2) is 6.10 Å². The van der Waals surface area contributed by atoms with Crippen molar-refractivity contribution >= 4 is 11.9 Å². The second kappa shape index (κ2) is 9.26. The number of para-hydroxylation sites is 1. The van der Waals surface area contributed by atoms with Crippen LogP contribution in [0.5, 0.6) is 5.75 Å². The zero-order chi connectivity index (χ0) is 21.7. The predicted molar refractivity (Wildman–Crippen MR) is 114 cm³/mol. The average Bonchev–Trinajstić information content (AvgIpc) is 3.19. The number of ether oxygens (including phenoxy) is 2. The van der Waals surface area contributed by atoms with Crippen molar-refractivity contribution in [3.05, 3.63) is 66.4 Å². The summed E-state index contributed by atoms with van der Waals surface area (Å²) in [6.45, 7) is 5.23. The van der Waals surface area contributed by atoms with E-state index >= 15 is 0 Å². The minimum Gasteiger partial charge on any atom is -0.497 e. The summed E-state index contributed by atoms with van der Waals surface area (Å²) in [7, 11) is 1.58. The van der Waals surface area contributed by atoms with Gasteiger partial charge in [-0.2, -0.15) is 5.10 Å². The molecule has 1 N–H and O–H groups in total. The fourth-order valence-electron chi connectivity index (χ4n) is 2.90. The average molecular weight is 407 g/mol. The molecular formula is C23H25N3O4. The second-order valence-corrected chi connectivity index (χ2v) is 7.11. The van der Waals surface area contributed by atoms with Crippen LogP contribution >= 0.6 is 0 Å². The molecule has 0 spiro atoms. The molecule has 1 heterocycles. The summed E-state index contributed by atoms with van der Waals surface area (Å²) in [5.41, 5.74) is 2.21. The third kappa shape index (κ3) is 4.86. The van der Waals surface area contributed by atoms with Crippen molar-refractivity contribution in [1.82, 2.24) is 15.1 Å². The first-order valence-corrected chi connectivity index (χ1v) is 9.70. The second-order valence-electron chi connectivity index (χ2n) is 7.11. The molecule has 3 aromatic rings. The lowest BCUT2D eigenvalue weighted by Crippen LogP contribution is -2.39. The van der Waals surface area contributed by atoms with Gasteiger partial charge in [-0.05, 0) is 45.0 Å². The maximum absolute atomic E-state index is 13.0. The fraction of sp³-hybridized carbons (Fsp3) is 0.261. The standard InChI is InChI=1S/C23H25N3O4/c1-15(2)24-22(27)16(3)30-23(28)20-14-26(18-10-6-5-7-11-18)25-21(20)17-9-8-12-19(13-17)29-4/h5-16H,1-4H3,(H,24,27). The van der Waals surface area contributed by atoms with Crippen LogP contribution in [0.3, 0.4) is 0 Å². The molecule has 1 amide bonds. The molecule has 1 atom stereocenters. The fourth-order valence-corrected chi connectivity index (χ4v) is 2.90. The Kier molecular flexibility index (Phi) is 6.51. The molecular weight excluding hydrogens is 382 g/mol. The van der Waals surface area contributed by atoms with Gasteiger partial charge < -0.3 is 14.8 Å². The van der Waals surface area contributed by atoms with Gasteiger partial charge in [0.05, 0.1) is 12.8 Å². The van der Waals surface area contributed by atoms with Crippen molar-refractivity contribution < 1.29 is 19.1 Å². The summed E-state index contributed by atoms with van der Waals surface area (Å²) in [4.78, 5) is 25.1. The van der Waals surface area contributed by atoms with E-state index in [4.69, 9.17) is 9.47 Å². The lowest BCUT2D eigenvalue weighted by molar-refractivity contribution is -0.129. The molecule has 1 aromatic heterocycles. The van der Waals surface area contributed by atoms with E-state index in [0.29, 0.717) is 17.0 Å².